The van der Waals surface area contributed by atoms with Crippen LogP contribution in [0, 0.1) is 12.8 Å². The SMILES string of the molecule is Cc1cc(-c2ncnc3[nH]c(-c4ccc(N5CCN(CC6CCN(c7ccc(N8CCC(=O)NC8=O)cc7)CC6)CC5)cn4)nc23)ccc1C(C)NC(=O)c1nc(C(C)(C)C)no1. The van der Waals surface area contributed by atoms with Gasteiger partial charge in [0.2, 0.25) is 5.91 Å². The number of anilines is 3. The predicted molar refractivity (Wildman–Crippen MR) is 240 cm³/mol. The summed E-state index contributed by atoms with van der Waals surface area (Å²) in [6.07, 6.45) is 6.08. The van der Waals surface area contributed by atoms with Crippen LogP contribution in [0.3, 0.4) is 0 Å². The van der Waals surface area contributed by atoms with Gasteiger partial charge < -0.3 is 24.6 Å². The number of H-pyrrole nitrogens is 1. The lowest BCUT2D eigenvalue weighted by atomic mass is 9.95. The van der Waals surface area contributed by atoms with E-state index in [0.717, 1.165) is 92.4 Å². The number of urea groups is 1. The van der Waals surface area contributed by atoms with Crippen molar-refractivity contribution in [2.75, 3.05) is 67.1 Å². The normalized spacial score (nSPS) is 17.3. The minimum Gasteiger partial charge on any atom is -0.372 e. The molecule has 326 valence electrons. The fourth-order valence-electron chi connectivity index (χ4n) is 8.72. The second-order valence-corrected chi connectivity index (χ2v) is 17.8. The van der Waals surface area contributed by atoms with Gasteiger partial charge in [-0.15, -0.1) is 0 Å². The van der Waals surface area contributed by atoms with Gasteiger partial charge >= 0.3 is 17.8 Å². The molecule has 2 aromatic carbocycles. The van der Waals surface area contributed by atoms with E-state index in [4.69, 9.17) is 14.5 Å². The van der Waals surface area contributed by atoms with Crippen LogP contribution >= 0.6 is 0 Å². The third kappa shape index (κ3) is 8.96. The standard InChI is InChI=1S/C46H53N13O4/c1-28-24-31(6-12-35(28)29(2)50-42(61)43-54-44(55-63-43)46(3,4)5)38-39-41(49-27-48-38)53-40(52-39)36-13-11-34(25-47-36)58-22-20-56(21-23-58)26-30-14-17-57(18-15-30)32-7-9-33(10-8-32)59-19-16-37(60)51-45(59)62/h6-13,24-25,27,29-30H,14-23,26H2,1-5H3,(H,50,61)(H,51,60,62)(H,48,49,52,53). The number of imide groups is 1. The summed E-state index contributed by atoms with van der Waals surface area (Å²) >= 11 is 0. The average molecular weight is 852 g/mol. The number of imidazole rings is 1. The Kier molecular flexibility index (Phi) is 11.4. The average Bonchev–Trinajstić information content (AvgIpc) is 3.97. The maximum atomic E-state index is 12.9. The molecule has 3 aliphatic heterocycles. The summed E-state index contributed by atoms with van der Waals surface area (Å²) in [6.45, 7) is 17.3. The van der Waals surface area contributed by atoms with Crippen molar-refractivity contribution >= 4 is 46.1 Å². The summed E-state index contributed by atoms with van der Waals surface area (Å²) in [5.41, 5.74) is 8.26. The van der Waals surface area contributed by atoms with Crippen LogP contribution in [-0.2, 0) is 10.2 Å². The zero-order valence-electron chi connectivity index (χ0n) is 36.4. The van der Waals surface area contributed by atoms with Gasteiger partial charge in [0.15, 0.2) is 17.3 Å². The number of hydrogen-bond donors (Lipinski definition) is 3. The van der Waals surface area contributed by atoms with Crippen molar-refractivity contribution in [3.63, 3.8) is 0 Å². The van der Waals surface area contributed by atoms with Crippen molar-refractivity contribution in [3.8, 4) is 22.8 Å². The van der Waals surface area contributed by atoms with E-state index in [0.29, 0.717) is 47.4 Å². The first kappa shape index (κ1) is 41.6. The number of rotatable bonds is 10. The molecule has 1 unspecified atom stereocenters. The lowest BCUT2D eigenvalue weighted by Crippen LogP contribution is -2.49. The Morgan fingerprint density at radius 2 is 1.60 bits per heavy atom. The molecule has 3 saturated heterocycles. The van der Waals surface area contributed by atoms with Crippen molar-refractivity contribution in [2.45, 2.75) is 65.3 Å². The Hall–Kier alpha value is -6.75. The zero-order valence-corrected chi connectivity index (χ0v) is 36.4. The topological polar surface area (TPSA) is 194 Å². The number of hydrogen-bond acceptors (Lipinski definition) is 13. The van der Waals surface area contributed by atoms with Gasteiger partial charge in [-0.25, -0.2) is 19.7 Å². The van der Waals surface area contributed by atoms with E-state index in [2.05, 4.69) is 68.6 Å². The number of nitrogens with zero attached hydrogens (tertiary/aromatic N) is 10. The molecule has 4 amide bonds. The number of fused-ring (bicyclic) bond motifs is 1. The lowest BCUT2D eigenvalue weighted by Gasteiger charge is -2.40. The Morgan fingerprint density at radius 1 is 0.873 bits per heavy atom. The van der Waals surface area contributed by atoms with Gasteiger partial charge in [-0.3, -0.25) is 29.7 Å². The largest absolute Gasteiger partial charge is 0.372 e. The molecule has 3 N–H and O–H groups in total. The second-order valence-electron chi connectivity index (χ2n) is 17.8. The lowest BCUT2D eigenvalue weighted by molar-refractivity contribution is -0.120. The highest BCUT2D eigenvalue weighted by atomic mass is 16.5. The minimum atomic E-state index is -0.422. The summed E-state index contributed by atoms with van der Waals surface area (Å²) in [5, 5.41) is 9.34. The number of piperazine rings is 1. The Morgan fingerprint density at radius 3 is 2.29 bits per heavy atom. The number of benzene rings is 2. The van der Waals surface area contributed by atoms with E-state index in [1.54, 1.807) is 4.90 Å². The molecule has 1 atom stereocenters. The van der Waals surface area contributed by atoms with E-state index in [-0.39, 0.29) is 29.3 Å². The number of carbonyl (C=O) groups is 3. The molecule has 9 rings (SSSR count). The molecule has 0 spiro atoms. The Labute approximate surface area is 365 Å². The number of amides is 4. The van der Waals surface area contributed by atoms with Crippen LogP contribution in [0.1, 0.15) is 80.6 Å². The molecular weight excluding hydrogens is 799 g/mol. The minimum absolute atomic E-state index is 0.0588. The van der Waals surface area contributed by atoms with Crippen molar-refractivity contribution < 1.29 is 18.9 Å². The molecule has 63 heavy (non-hydrogen) atoms. The number of aromatic nitrogens is 7. The quantitative estimate of drug-likeness (QED) is 0.144. The van der Waals surface area contributed by atoms with Crippen LogP contribution in [0.25, 0.3) is 33.9 Å². The molecule has 0 radical (unpaired) electrons. The van der Waals surface area contributed by atoms with Crippen molar-refractivity contribution in [1.82, 2.24) is 50.6 Å². The molecule has 0 bridgehead atoms. The Bertz CT molecular complexity index is 2620. The van der Waals surface area contributed by atoms with Gasteiger partial charge in [0.1, 0.15) is 23.2 Å². The molecule has 0 saturated carbocycles. The first-order valence-electron chi connectivity index (χ1n) is 21.7. The summed E-state index contributed by atoms with van der Waals surface area (Å²) in [4.78, 5) is 72.2. The monoisotopic (exact) mass is 851 g/mol. The smallest absolute Gasteiger partial charge is 0.328 e. The summed E-state index contributed by atoms with van der Waals surface area (Å²) < 4.78 is 5.24. The van der Waals surface area contributed by atoms with Gasteiger partial charge in [-0.2, -0.15) is 4.98 Å². The molecule has 3 aliphatic rings. The zero-order chi connectivity index (χ0) is 43.8. The second kappa shape index (κ2) is 17.2. The van der Waals surface area contributed by atoms with Crippen LogP contribution in [-0.4, -0.2) is 110 Å². The van der Waals surface area contributed by atoms with Gasteiger partial charge in [0.05, 0.1) is 17.9 Å². The highest BCUT2D eigenvalue weighted by molar-refractivity contribution is 6.05. The highest BCUT2D eigenvalue weighted by Crippen LogP contribution is 2.31. The molecule has 0 aliphatic carbocycles. The number of aromatic amines is 1. The fourth-order valence-corrected chi connectivity index (χ4v) is 8.72. The number of pyridine rings is 1. The number of nitrogens with one attached hydrogen (secondary N) is 3. The summed E-state index contributed by atoms with van der Waals surface area (Å²) in [6, 6.07) is 17.6. The van der Waals surface area contributed by atoms with Crippen LogP contribution in [0.5, 0.6) is 0 Å². The van der Waals surface area contributed by atoms with Crippen molar-refractivity contribution in [1.29, 1.82) is 0 Å². The molecule has 4 aromatic heterocycles. The number of aryl methyl sites for hydroxylation is 1. The molecular formula is C46H53N13O4. The van der Waals surface area contributed by atoms with E-state index in [1.165, 1.54) is 12.0 Å². The van der Waals surface area contributed by atoms with E-state index >= 15 is 0 Å². The fraction of sp³-hybridized carbons (Fsp3) is 0.413. The van der Waals surface area contributed by atoms with Gasteiger partial charge in [-0.05, 0) is 86.2 Å². The maximum Gasteiger partial charge on any atom is 0.328 e. The van der Waals surface area contributed by atoms with Gasteiger partial charge in [0, 0.05) is 81.1 Å². The molecule has 7 heterocycles. The van der Waals surface area contributed by atoms with Crippen molar-refractivity contribution in [2.24, 2.45) is 5.92 Å². The summed E-state index contributed by atoms with van der Waals surface area (Å²) in [5.74, 6) is 1.06. The third-order valence-corrected chi connectivity index (χ3v) is 12.4. The van der Waals surface area contributed by atoms with Crippen molar-refractivity contribution in [3.05, 3.63) is 90.0 Å². The van der Waals surface area contributed by atoms with E-state index in [1.807, 2.05) is 77.2 Å². The maximum absolute atomic E-state index is 12.9. The molecule has 17 nitrogen and oxygen atoms in total. The first-order chi connectivity index (χ1) is 30.4. The first-order valence-corrected chi connectivity index (χ1v) is 21.7. The summed E-state index contributed by atoms with van der Waals surface area (Å²) in [7, 11) is 0. The number of carbonyl (C=O) groups excluding carboxylic acids is 3. The van der Waals surface area contributed by atoms with Crippen LogP contribution < -0.4 is 25.3 Å². The third-order valence-electron chi connectivity index (χ3n) is 12.4. The van der Waals surface area contributed by atoms with Gasteiger partial charge in [-0.1, -0.05) is 38.1 Å². The van der Waals surface area contributed by atoms with Crippen LogP contribution in [0.15, 0.2) is 71.6 Å². The van der Waals surface area contributed by atoms with Crippen LogP contribution in [0.2, 0.25) is 0 Å². The van der Waals surface area contributed by atoms with Gasteiger partial charge in [0.25, 0.3) is 0 Å². The molecule has 3 fully saturated rings. The molecule has 6 aromatic rings. The predicted octanol–water partition coefficient (Wildman–Crippen LogP) is 6.05. The highest BCUT2D eigenvalue weighted by Gasteiger charge is 2.28. The Balaban J connectivity index is 0.768. The van der Waals surface area contributed by atoms with E-state index < -0.39 is 5.91 Å². The molecule has 17 heteroatoms. The van der Waals surface area contributed by atoms with E-state index in [9.17, 15) is 14.4 Å². The number of piperidine rings is 1. The van der Waals surface area contributed by atoms with Crippen LogP contribution in [0.4, 0.5) is 21.9 Å².